The summed E-state index contributed by atoms with van der Waals surface area (Å²) in [6.45, 7) is 1.39. The minimum Gasteiger partial charge on any atom is -0.425 e. The maximum absolute atomic E-state index is 12.3. The van der Waals surface area contributed by atoms with Crippen molar-refractivity contribution in [3.8, 4) is 17.5 Å². The molecule has 9 heteroatoms. The number of hydrogen-bond acceptors (Lipinski definition) is 5. The van der Waals surface area contributed by atoms with Crippen LogP contribution in [0.4, 0.5) is 19.0 Å². The van der Waals surface area contributed by atoms with Gasteiger partial charge in [-0.1, -0.05) is 6.07 Å². The van der Waals surface area contributed by atoms with Crippen molar-refractivity contribution in [2.45, 2.75) is 13.3 Å². The van der Waals surface area contributed by atoms with Gasteiger partial charge in [-0.3, -0.25) is 9.36 Å². The van der Waals surface area contributed by atoms with Crippen molar-refractivity contribution < 1.29 is 27.4 Å². The Morgan fingerprint density at radius 3 is 2.38 bits per heavy atom. The first-order chi connectivity index (χ1) is 11.1. The van der Waals surface area contributed by atoms with Crippen LogP contribution in [-0.2, 0) is 7.05 Å². The van der Waals surface area contributed by atoms with Crippen molar-refractivity contribution in [1.29, 1.82) is 0 Å². The van der Waals surface area contributed by atoms with Crippen LogP contribution < -0.4 is 14.4 Å². The third-order valence-corrected chi connectivity index (χ3v) is 3.04. The van der Waals surface area contributed by atoms with Gasteiger partial charge in [0.05, 0.1) is 0 Å². The SMILES string of the molecule is CC(=O)c1c(N(C)C)nc(Oc2cccc(OC(F)(F)F)c2)n1C. The average Bonchev–Trinajstić information content (AvgIpc) is 2.75. The number of benzene rings is 1. The minimum absolute atomic E-state index is 0.0769. The van der Waals surface area contributed by atoms with Gasteiger partial charge in [0, 0.05) is 34.1 Å². The highest BCUT2D eigenvalue weighted by Crippen LogP contribution is 2.31. The van der Waals surface area contributed by atoms with Gasteiger partial charge in [-0.25, -0.2) is 0 Å². The van der Waals surface area contributed by atoms with Crippen molar-refractivity contribution in [2.24, 2.45) is 7.05 Å². The van der Waals surface area contributed by atoms with Crippen molar-refractivity contribution in [2.75, 3.05) is 19.0 Å². The number of hydrogen-bond donors (Lipinski definition) is 0. The quantitative estimate of drug-likeness (QED) is 0.779. The zero-order valence-electron chi connectivity index (χ0n) is 13.5. The largest absolute Gasteiger partial charge is 0.573 e. The molecule has 0 aliphatic heterocycles. The Balaban J connectivity index is 2.33. The fraction of sp³-hybridized carbons (Fsp3) is 0.333. The van der Waals surface area contributed by atoms with E-state index in [1.165, 1.54) is 23.6 Å². The maximum atomic E-state index is 12.3. The lowest BCUT2D eigenvalue weighted by atomic mass is 10.3. The number of halogens is 3. The molecule has 0 N–H and O–H groups in total. The molecule has 0 aliphatic carbocycles. The average molecular weight is 343 g/mol. The monoisotopic (exact) mass is 343 g/mol. The van der Waals surface area contributed by atoms with Crippen LogP contribution in [0.1, 0.15) is 17.4 Å². The molecule has 0 amide bonds. The van der Waals surface area contributed by atoms with Gasteiger partial charge in [-0.05, 0) is 12.1 Å². The van der Waals surface area contributed by atoms with Gasteiger partial charge in [0.1, 0.15) is 17.2 Å². The van der Waals surface area contributed by atoms with Gasteiger partial charge in [-0.2, -0.15) is 4.98 Å². The molecule has 6 nitrogen and oxygen atoms in total. The molecular formula is C15H16F3N3O3. The van der Waals surface area contributed by atoms with Gasteiger partial charge < -0.3 is 14.4 Å². The molecule has 0 spiro atoms. The second-order valence-electron chi connectivity index (χ2n) is 5.20. The van der Waals surface area contributed by atoms with E-state index in [0.29, 0.717) is 11.5 Å². The lowest BCUT2D eigenvalue weighted by Gasteiger charge is -2.10. The van der Waals surface area contributed by atoms with Crippen molar-refractivity contribution in [1.82, 2.24) is 9.55 Å². The van der Waals surface area contributed by atoms with Gasteiger partial charge in [0.15, 0.2) is 11.6 Å². The number of anilines is 1. The number of imidazole rings is 1. The molecule has 2 rings (SSSR count). The highest BCUT2D eigenvalue weighted by molar-refractivity contribution is 5.97. The van der Waals surface area contributed by atoms with E-state index in [9.17, 15) is 18.0 Å². The van der Waals surface area contributed by atoms with Gasteiger partial charge >= 0.3 is 12.4 Å². The molecule has 1 heterocycles. The molecule has 0 atom stereocenters. The smallest absolute Gasteiger partial charge is 0.425 e. The number of rotatable bonds is 5. The predicted octanol–water partition coefficient (Wildman–Crippen LogP) is 3.38. The predicted molar refractivity (Wildman–Crippen MR) is 80.7 cm³/mol. The lowest BCUT2D eigenvalue weighted by Crippen LogP contribution is -2.17. The van der Waals surface area contributed by atoms with E-state index in [1.54, 1.807) is 26.0 Å². The molecule has 0 bridgehead atoms. The Bertz CT molecular complexity index is 754. The topological polar surface area (TPSA) is 56.6 Å². The fourth-order valence-electron chi connectivity index (χ4n) is 2.10. The first-order valence-electron chi connectivity index (χ1n) is 6.87. The third-order valence-electron chi connectivity index (χ3n) is 3.04. The molecule has 0 radical (unpaired) electrons. The van der Waals surface area contributed by atoms with Gasteiger partial charge in [-0.15, -0.1) is 13.2 Å². The van der Waals surface area contributed by atoms with E-state index >= 15 is 0 Å². The number of carbonyl (C=O) groups excluding carboxylic acids is 1. The number of Topliss-reactive ketones (excluding diaryl/α,β-unsaturated/α-hetero) is 1. The van der Waals surface area contributed by atoms with E-state index in [4.69, 9.17) is 4.74 Å². The van der Waals surface area contributed by atoms with Gasteiger partial charge in [0.25, 0.3) is 0 Å². The van der Waals surface area contributed by atoms with Crippen molar-refractivity contribution in [3.63, 3.8) is 0 Å². The zero-order chi connectivity index (χ0) is 18.1. The lowest BCUT2D eigenvalue weighted by molar-refractivity contribution is -0.274. The van der Waals surface area contributed by atoms with Crippen LogP contribution in [0.2, 0.25) is 0 Å². The molecule has 0 unspecified atom stereocenters. The van der Waals surface area contributed by atoms with E-state index < -0.39 is 12.1 Å². The summed E-state index contributed by atoms with van der Waals surface area (Å²) in [5, 5.41) is 0. The van der Waals surface area contributed by atoms with Crippen LogP contribution >= 0.6 is 0 Å². The second-order valence-corrected chi connectivity index (χ2v) is 5.20. The van der Waals surface area contributed by atoms with E-state index in [-0.39, 0.29) is 17.5 Å². The summed E-state index contributed by atoms with van der Waals surface area (Å²) < 4.78 is 47.6. The summed E-state index contributed by atoms with van der Waals surface area (Å²) in [5.41, 5.74) is 0.331. The third kappa shape index (κ3) is 3.98. The highest BCUT2D eigenvalue weighted by atomic mass is 19.4. The number of ether oxygens (including phenoxy) is 2. The summed E-state index contributed by atoms with van der Waals surface area (Å²) >= 11 is 0. The number of carbonyl (C=O) groups is 1. The normalized spacial score (nSPS) is 11.3. The van der Waals surface area contributed by atoms with Crippen LogP contribution in [0.3, 0.4) is 0 Å². The van der Waals surface area contributed by atoms with E-state index in [1.807, 2.05) is 0 Å². The Morgan fingerprint density at radius 2 is 1.88 bits per heavy atom. The summed E-state index contributed by atoms with van der Waals surface area (Å²) in [6, 6.07) is 5.14. The summed E-state index contributed by atoms with van der Waals surface area (Å²) in [7, 11) is 5.02. The molecule has 0 fully saturated rings. The first kappa shape index (κ1) is 17.6. The van der Waals surface area contributed by atoms with Crippen molar-refractivity contribution >= 4 is 11.6 Å². The molecule has 130 valence electrons. The Hall–Kier alpha value is -2.71. The molecule has 1 aromatic carbocycles. The molecular weight excluding hydrogens is 327 g/mol. The Morgan fingerprint density at radius 1 is 1.25 bits per heavy atom. The molecule has 1 aromatic heterocycles. The van der Waals surface area contributed by atoms with Crippen LogP contribution in [0.25, 0.3) is 0 Å². The van der Waals surface area contributed by atoms with Crippen LogP contribution in [0.15, 0.2) is 24.3 Å². The Labute approximate surface area is 136 Å². The fourth-order valence-corrected chi connectivity index (χ4v) is 2.10. The molecule has 2 aromatic rings. The number of alkyl halides is 3. The molecule has 0 saturated heterocycles. The zero-order valence-corrected chi connectivity index (χ0v) is 13.5. The van der Waals surface area contributed by atoms with Crippen molar-refractivity contribution in [3.05, 3.63) is 30.0 Å². The summed E-state index contributed by atoms with van der Waals surface area (Å²) in [5.74, 6) is -0.112. The summed E-state index contributed by atoms with van der Waals surface area (Å²) in [6.07, 6.45) is -4.79. The number of aromatic nitrogens is 2. The molecule has 24 heavy (non-hydrogen) atoms. The molecule has 0 aliphatic rings. The maximum Gasteiger partial charge on any atom is 0.573 e. The van der Waals surface area contributed by atoms with Crippen LogP contribution in [0.5, 0.6) is 17.5 Å². The van der Waals surface area contributed by atoms with E-state index in [2.05, 4.69) is 9.72 Å². The summed E-state index contributed by atoms with van der Waals surface area (Å²) in [4.78, 5) is 17.6. The van der Waals surface area contributed by atoms with Crippen LogP contribution in [-0.4, -0.2) is 35.8 Å². The Kier molecular flexibility index (Phi) is 4.72. The van der Waals surface area contributed by atoms with Gasteiger partial charge in [0.2, 0.25) is 0 Å². The standard InChI is InChI=1S/C15H16F3N3O3/c1-9(22)12-13(20(2)3)19-14(21(12)4)23-10-6-5-7-11(8-10)24-15(16,17)18/h5-8H,1-4H3. The molecule has 0 saturated carbocycles. The minimum atomic E-state index is -4.79. The van der Waals surface area contributed by atoms with Crippen LogP contribution in [0, 0.1) is 0 Å². The highest BCUT2D eigenvalue weighted by Gasteiger charge is 2.31. The second kappa shape index (κ2) is 6.42. The van der Waals surface area contributed by atoms with E-state index in [0.717, 1.165) is 12.1 Å². The number of ketones is 1. The number of nitrogens with zero attached hydrogens (tertiary/aromatic N) is 3. The first-order valence-corrected chi connectivity index (χ1v) is 6.87.